The van der Waals surface area contributed by atoms with Crippen molar-refractivity contribution in [3.63, 3.8) is 0 Å². The molecule has 0 saturated carbocycles. The zero-order valence-corrected chi connectivity index (χ0v) is 53.8. The summed E-state index contributed by atoms with van der Waals surface area (Å²) in [5, 5.41) is 0. The Labute approximate surface area is 491 Å². The van der Waals surface area contributed by atoms with E-state index in [0.717, 1.165) is 44.9 Å². The molecule has 0 radical (unpaired) electrons. The second kappa shape index (κ2) is 65.9. The van der Waals surface area contributed by atoms with Crippen LogP contribution in [0.5, 0.6) is 0 Å². The minimum absolute atomic E-state index is 0.0560. The van der Waals surface area contributed by atoms with E-state index in [2.05, 4.69) is 26.0 Å². The Morgan fingerprint density at radius 2 is 0.620 bits per heavy atom. The SMILES string of the molecule is CCCCCCCCC/C=C\CCCCCCCCCC(=O)OC(COC(=O)CCCCCCCCCCCCCCCCCCCCCCCCCCCCCCCCCCCCCCCCCC)COP(=O)(O)OCCN. The van der Waals surface area contributed by atoms with Gasteiger partial charge < -0.3 is 20.1 Å². The second-order valence-electron chi connectivity index (χ2n) is 24.1. The van der Waals surface area contributed by atoms with E-state index in [1.165, 1.54) is 308 Å². The van der Waals surface area contributed by atoms with E-state index < -0.39 is 26.5 Å². The van der Waals surface area contributed by atoms with Crippen molar-refractivity contribution < 1.29 is 37.6 Å². The predicted octanol–water partition coefficient (Wildman–Crippen LogP) is 22.8. The van der Waals surface area contributed by atoms with Crippen molar-refractivity contribution in [2.24, 2.45) is 5.73 Å². The minimum atomic E-state index is -4.39. The fraction of sp³-hybridized carbons (Fsp3) is 0.942. The number of phosphoric acid groups is 1. The van der Waals surface area contributed by atoms with E-state index in [4.69, 9.17) is 24.3 Å². The normalized spacial score (nSPS) is 12.9. The third-order valence-electron chi connectivity index (χ3n) is 16.2. The maximum atomic E-state index is 12.7. The summed E-state index contributed by atoms with van der Waals surface area (Å²) in [6.45, 7) is 3.81. The summed E-state index contributed by atoms with van der Waals surface area (Å²) >= 11 is 0. The number of ether oxygens (including phenoxy) is 2. The van der Waals surface area contributed by atoms with E-state index >= 15 is 0 Å². The van der Waals surface area contributed by atoms with Gasteiger partial charge in [-0.15, -0.1) is 0 Å². The lowest BCUT2D eigenvalue weighted by Crippen LogP contribution is -2.29. The number of allylic oxidation sites excluding steroid dienone is 2. The molecule has 0 aromatic rings. The minimum Gasteiger partial charge on any atom is -0.462 e. The first-order valence-corrected chi connectivity index (χ1v) is 36.7. The molecule has 0 aliphatic rings. The van der Waals surface area contributed by atoms with Crippen LogP contribution in [0.25, 0.3) is 0 Å². The summed E-state index contributed by atoms with van der Waals surface area (Å²) in [5.41, 5.74) is 5.39. The topological polar surface area (TPSA) is 134 Å². The van der Waals surface area contributed by atoms with Gasteiger partial charge in [-0.3, -0.25) is 18.6 Å². The summed E-state index contributed by atoms with van der Waals surface area (Å²) < 4.78 is 33.1. The van der Waals surface area contributed by atoms with Gasteiger partial charge in [0.15, 0.2) is 6.10 Å². The summed E-state index contributed by atoms with van der Waals surface area (Å²) in [6, 6.07) is 0. The van der Waals surface area contributed by atoms with Crippen molar-refractivity contribution in [3.05, 3.63) is 12.2 Å². The Morgan fingerprint density at radius 3 is 0.899 bits per heavy atom. The van der Waals surface area contributed by atoms with Crippen molar-refractivity contribution in [2.75, 3.05) is 26.4 Å². The molecule has 2 unspecified atom stereocenters. The van der Waals surface area contributed by atoms with Crippen molar-refractivity contribution in [1.82, 2.24) is 0 Å². The van der Waals surface area contributed by atoms with Gasteiger partial charge in [-0.05, 0) is 38.5 Å². The molecule has 10 heteroatoms. The number of hydrogen-bond donors (Lipinski definition) is 2. The molecule has 470 valence electrons. The van der Waals surface area contributed by atoms with Gasteiger partial charge in [0, 0.05) is 19.4 Å². The average Bonchev–Trinajstić information content (AvgIpc) is 3.44. The molecule has 3 N–H and O–H groups in total. The van der Waals surface area contributed by atoms with Gasteiger partial charge in [0.2, 0.25) is 0 Å². The molecule has 0 fully saturated rings. The third kappa shape index (κ3) is 65.8. The van der Waals surface area contributed by atoms with Crippen LogP contribution in [0.15, 0.2) is 12.2 Å². The molecule has 9 nitrogen and oxygen atoms in total. The molecule has 0 saturated heterocycles. The molecule has 0 rings (SSSR count). The Bertz CT molecular complexity index is 1300. The van der Waals surface area contributed by atoms with Gasteiger partial charge in [0.25, 0.3) is 0 Å². The standard InChI is InChI=1S/C69H136NO8P/c1-3-5-7-9-11-13-15-17-19-21-23-24-25-26-27-28-29-30-31-32-33-34-35-36-37-38-39-40-41-42-43-44-46-47-49-51-53-55-57-59-61-68(71)75-65-67(66-77-79(73,74)76-64-63-70)78-69(72)62-60-58-56-54-52-50-48-45-22-20-18-16-14-12-10-8-6-4-2/h20,22,67H,3-19,21,23-66,70H2,1-2H3,(H,73,74)/b22-20-. The molecular weight excluding hydrogens is 1000 g/mol. The van der Waals surface area contributed by atoms with E-state index in [0.29, 0.717) is 6.42 Å². The van der Waals surface area contributed by atoms with Gasteiger partial charge in [-0.1, -0.05) is 347 Å². The number of rotatable bonds is 68. The van der Waals surface area contributed by atoms with Crippen LogP contribution in [-0.4, -0.2) is 49.3 Å². The lowest BCUT2D eigenvalue weighted by atomic mass is 10.0. The first-order chi connectivity index (χ1) is 38.8. The highest BCUT2D eigenvalue weighted by Gasteiger charge is 2.26. The van der Waals surface area contributed by atoms with Crippen LogP contribution in [0.2, 0.25) is 0 Å². The molecule has 0 amide bonds. The summed E-state index contributed by atoms with van der Waals surface area (Å²) in [7, 11) is -4.39. The van der Waals surface area contributed by atoms with Crippen LogP contribution in [0.4, 0.5) is 0 Å². The molecule has 2 atom stereocenters. The number of carbonyl (C=O) groups excluding carboxylic acids is 2. The molecule has 0 aliphatic heterocycles. The Kier molecular flexibility index (Phi) is 64.9. The molecule has 0 spiro atoms. The Hall–Kier alpha value is -1.25. The second-order valence-corrected chi connectivity index (χ2v) is 25.6. The Balaban J connectivity index is 3.70. The highest BCUT2D eigenvalue weighted by Crippen LogP contribution is 2.43. The molecule has 0 bridgehead atoms. The summed E-state index contributed by atoms with van der Waals surface area (Å²) in [6.07, 6.45) is 79.1. The lowest BCUT2D eigenvalue weighted by molar-refractivity contribution is -0.161. The number of nitrogens with two attached hydrogens (primary N) is 1. The Morgan fingerprint density at radius 1 is 0.367 bits per heavy atom. The number of unbranched alkanes of at least 4 members (excludes halogenated alkanes) is 53. The van der Waals surface area contributed by atoms with E-state index in [1.54, 1.807) is 0 Å². The van der Waals surface area contributed by atoms with E-state index in [-0.39, 0.29) is 38.6 Å². The molecule has 0 aromatic carbocycles. The van der Waals surface area contributed by atoms with Crippen LogP contribution in [-0.2, 0) is 32.7 Å². The molecule has 0 heterocycles. The van der Waals surface area contributed by atoms with Crippen LogP contribution < -0.4 is 5.73 Å². The van der Waals surface area contributed by atoms with Crippen LogP contribution in [0.3, 0.4) is 0 Å². The van der Waals surface area contributed by atoms with Crippen molar-refractivity contribution in [3.8, 4) is 0 Å². The van der Waals surface area contributed by atoms with Crippen molar-refractivity contribution in [1.29, 1.82) is 0 Å². The number of esters is 2. The molecular formula is C69H136NO8P. The highest BCUT2D eigenvalue weighted by molar-refractivity contribution is 7.47. The molecule has 79 heavy (non-hydrogen) atoms. The predicted molar refractivity (Wildman–Crippen MR) is 340 cm³/mol. The molecule has 0 aromatic heterocycles. The summed E-state index contributed by atoms with van der Waals surface area (Å²) in [5.74, 6) is -0.811. The smallest absolute Gasteiger partial charge is 0.462 e. The fourth-order valence-corrected chi connectivity index (χ4v) is 11.7. The van der Waals surface area contributed by atoms with E-state index in [1.807, 2.05) is 0 Å². The van der Waals surface area contributed by atoms with Crippen LogP contribution in [0.1, 0.15) is 386 Å². The van der Waals surface area contributed by atoms with E-state index in [9.17, 15) is 19.0 Å². The zero-order chi connectivity index (χ0) is 57.3. The van der Waals surface area contributed by atoms with Gasteiger partial charge >= 0.3 is 19.8 Å². The molecule has 0 aliphatic carbocycles. The summed E-state index contributed by atoms with van der Waals surface area (Å²) in [4.78, 5) is 35.3. The zero-order valence-electron chi connectivity index (χ0n) is 52.9. The monoisotopic (exact) mass is 1140 g/mol. The quantitative estimate of drug-likeness (QED) is 0.0264. The largest absolute Gasteiger partial charge is 0.472 e. The lowest BCUT2D eigenvalue weighted by Gasteiger charge is -2.19. The first kappa shape index (κ1) is 77.8. The average molecular weight is 1140 g/mol. The van der Waals surface area contributed by atoms with Crippen LogP contribution in [0, 0.1) is 0 Å². The van der Waals surface area contributed by atoms with Gasteiger partial charge in [-0.2, -0.15) is 0 Å². The number of phosphoric ester groups is 1. The third-order valence-corrected chi connectivity index (χ3v) is 17.1. The van der Waals surface area contributed by atoms with Crippen molar-refractivity contribution >= 4 is 19.8 Å². The van der Waals surface area contributed by atoms with Gasteiger partial charge in [0.05, 0.1) is 13.2 Å². The van der Waals surface area contributed by atoms with Crippen LogP contribution >= 0.6 is 7.82 Å². The maximum Gasteiger partial charge on any atom is 0.472 e. The van der Waals surface area contributed by atoms with Gasteiger partial charge in [-0.25, -0.2) is 4.57 Å². The maximum absolute atomic E-state index is 12.7. The number of hydrogen-bond acceptors (Lipinski definition) is 8. The fourth-order valence-electron chi connectivity index (χ4n) is 10.9. The van der Waals surface area contributed by atoms with Crippen molar-refractivity contribution in [2.45, 2.75) is 392 Å². The highest BCUT2D eigenvalue weighted by atomic mass is 31.2. The first-order valence-electron chi connectivity index (χ1n) is 35.2. The number of carbonyl (C=O) groups is 2. The van der Waals surface area contributed by atoms with Gasteiger partial charge in [0.1, 0.15) is 6.61 Å².